The number of amides is 1. The number of hydrogen-bond acceptors (Lipinski definition) is 4. The molecule has 2 aromatic rings. The number of carbonyl (C=O) groups is 1. The fourth-order valence-electron chi connectivity index (χ4n) is 1.62. The van der Waals surface area contributed by atoms with Gasteiger partial charge in [0.2, 0.25) is 0 Å². The Kier molecular flexibility index (Phi) is 5.38. The van der Waals surface area contributed by atoms with E-state index in [1.165, 1.54) is 12.3 Å². The fraction of sp³-hybridized carbons (Fsp3) is 0.125. The third kappa shape index (κ3) is 4.49. The number of phenolic OH excluding ortho intramolecular Hbond substituents is 1. The number of aromatic hydroxyl groups is 1. The van der Waals surface area contributed by atoms with Gasteiger partial charge < -0.3 is 9.84 Å². The minimum absolute atomic E-state index is 0.0889. The Hall–Kier alpha value is -2.53. The van der Waals surface area contributed by atoms with Crippen LogP contribution in [0.4, 0.5) is 0 Å². The molecule has 0 spiro atoms. The number of rotatable bonds is 5. The lowest BCUT2D eigenvalue weighted by Crippen LogP contribution is -2.33. The highest BCUT2D eigenvalue weighted by molar-refractivity contribution is 6.30. The van der Waals surface area contributed by atoms with E-state index in [0.717, 1.165) is 0 Å². The molecule has 0 aliphatic heterocycles. The summed E-state index contributed by atoms with van der Waals surface area (Å²) in [6.45, 7) is 1.61. The minimum atomic E-state index is -0.720. The molecule has 0 radical (unpaired) electrons. The summed E-state index contributed by atoms with van der Waals surface area (Å²) in [7, 11) is 0. The van der Waals surface area contributed by atoms with Gasteiger partial charge in [0.1, 0.15) is 11.5 Å². The van der Waals surface area contributed by atoms with Crippen LogP contribution < -0.4 is 10.2 Å². The number of para-hydroxylation sites is 1. The summed E-state index contributed by atoms with van der Waals surface area (Å²) in [6, 6.07) is 13.4. The first-order valence-electron chi connectivity index (χ1n) is 6.59. The molecule has 0 unspecified atom stereocenters. The Morgan fingerprint density at radius 3 is 2.64 bits per heavy atom. The van der Waals surface area contributed by atoms with Crippen molar-refractivity contribution in [3.05, 3.63) is 59.1 Å². The molecule has 0 saturated heterocycles. The zero-order valence-corrected chi connectivity index (χ0v) is 12.6. The van der Waals surface area contributed by atoms with Gasteiger partial charge in [-0.2, -0.15) is 5.10 Å². The monoisotopic (exact) mass is 318 g/mol. The maximum atomic E-state index is 11.9. The summed E-state index contributed by atoms with van der Waals surface area (Å²) < 4.78 is 5.46. The Bertz CT molecular complexity index is 671. The summed E-state index contributed by atoms with van der Waals surface area (Å²) >= 11 is 5.78. The summed E-state index contributed by atoms with van der Waals surface area (Å²) in [6.07, 6.45) is 0.644. The third-order valence-electron chi connectivity index (χ3n) is 2.81. The predicted octanol–water partition coefficient (Wildman–Crippen LogP) is 2.96. The SMILES string of the molecule is C[C@@H](Oc1ccc(Cl)cc1)C(=O)N/N=C\c1ccccc1O. The van der Waals surface area contributed by atoms with Crippen molar-refractivity contribution < 1.29 is 14.6 Å². The van der Waals surface area contributed by atoms with E-state index in [1.807, 2.05) is 0 Å². The number of hydrazone groups is 1. The van der Waals surface area contributed by atoms with Gasteiger partial charge in [-0.1, -0.05) is 23.7 Å². The zero-order chi connectivity index (χ0) is 15.9. The Labute approximate surface area is 133 Å². The normalized spacial score (nSPS) is 12.1. The van der Waals surface area contributed by atoms with Crippen LogP contribution in [0.1, 0.15) is 12.5 Å². The maximum absolute atomic E-state index is 11.9. The number of ether oxygens (including phenoxy) is 1. The number of nitrogens with one attached hydrogen (secondary N) is 1. The summed E-state index contributed by atoms with van der Waals surface area (Å²) in [5.41, 5.74) is 2.87. The van der Waals surface area contributed by atoms with Crippen molar-refractivity contribution in [3.63, 3.8) is 0 Å². The topological polar surface area (TPSA) is 70.9 Å². The Morgan fingerprint density at radius 1 is 1.27 bits per heavy atom. The zero-order valence-electron chi connectivity index (χ0n) is 11.9. The molecule has 5 nitrogen and oxygen atoms in total. The van der Waals surface area contributed by atoms with Crippen molar-refractivity contribution in [2.45, 2.75) is 13.0 Å². The van der Waals surface area contributed by atoms with E-state index >= 15 is 0 Å². The Morgan fingerprint density at radius 2 is 1.95 bits per heavy atom. The first kappa shape index (κ1) is 15.9. The molecule has 0 aliphatic carbocycles. The first-order valence-corrected chi connectivity index (χ1v) is 6.97. The van der Waals surface area contributed by atoms with Crippen molar-refractivity contribution in [2.75, 3.05) is 0 Å². The smallest absolute Gasteiger partial charge is 0.280 e. The largest absolute Gasteiger partial charge is 0.507 e. The molecule has 0 bridgehead atoms. The van der Waals surface area contributed by atoms with Crippen LogP contribution in [0.2, 0.25) is 5.02 Å². The van der Waals surface area contributed by atoms with Gasteiger partial charge in [0.25, 0.3) is 5.91 Å². The fourth-order valence-corrected chi connectivity index (χ4v) is 1.75. The first-order chi connectivity index (χ1) is 10.6. The van der Waals surface area contributed by atoms with E-state index in [1.54, 1.807) is 49.4 Å². The molecule has 1 atom stereocenters. The van der Waals surface area contributed by atoms with E-state index in [2.05, 4.69) is 10.5 Å². The summed E-state index contributed by atoms with van der Waals surface area (Å²) in [5.74, 6) is 0.226. The minimum Gasteiger partial charge on any atom is -0.507 e. The predicted molar refractivity (Wildman–Crippen MR) is 85.4 cm³/mol. The molecule has 6 heteroatoms. The second-order valence-corrected chi connectivity index (χ2v) is 4.94. The van der Waals surface area contributed by atoms with E-state index in [9.17, 15) is 9.90 Å². The number of halogens is 1. The van der Waals surface area contributed by atoms with Crippen LogP contribution in [0.15, 0.2) is 53.6 Å². The van der Waals surface area contributed by atoms with Gasteiger partial charge in [-0.25, -0.2) is 5.43 Å². The van der Waals surface area contributed by atoms with Gasteiger partial charge in [0.15, 0.2) is 6.10 Å². The van der Waals surface area contributed by atoms with Gasteiger partial charge in [0, 0.05) is 10.6 Å². The van der Waals surface area contributed by atoms with E-state index in [4.69, 9.17) is 16.3 Å². The highest BCUT2D eigenvalue weighted by Crippen LogP contribution is 2.16. The molecule has 2 N–H and O–H groups in total. The van der Waals surface area contributed by atoms with Gasteiger partial charge in [-0.15, -0.1) is 0 Å². The molecule has 0 aliphatic rings. The van der Waals surface area contributed by atoms with Gasteiger partial charge in [-0.05, 0) is 43.3 Å². The lowest BCUT2D eigenvalue weighted by Gasteiger charge is -2.12. The average Bonchev–Trinajstić information content (AvgIpc) is 2.51. The van der Waals surface area contributed by atoms with Crippen LogP contribution in [0, 0.1) is 0 Å². The number of carbonyl (C=O) groups excluding carboxylic acids is 1. The molecule has 1 amide bonds. The van der Waals surface area contributed by atoms with Crippen molar-refractivity contribution in [2.24, 2.45) is 5.10 Å². The second-order valence-electron chi connectivity index (χ2n) is 4.51. The molecule has 0 aromatic heterocycles. The van der Waals surface area contributed by atoms with Crippen molar-refractivity contribution in [1.82, 2.24) is 5.43 Å². The van der Waals surface area contributed by atoms with Crippen molar-refractivity contribution in [3.8, 4) is 11.5 Å². The molecular weight excluding hydrogens is 304 g/mol. The van der Waals surface area contributed by atoms with Gasteiger partial charge in [-0.3, -0.25) is 4.79 Å². The lowest BCUT2D eigenvalue weighted by molar-refractivity contribution is -0.127. The van der Waals surface area contributed by atoms with Crippen LogP contribution in [0.3, 0.4) is 0 Å². The molecule has 0 fully saturated rings. The van der Waals surface area contributed by atoms with Gasteiger partial charge in [0.05, 0.1) is 6.21 Å². The highest BCUT2D eigenvalue weighted by Gasteiger charge is 2.13. The number of nitrogens with zero attached hydrogens (tertiary/aromatic N) is 1. The molecule has 0 heterocycles. The number of benzene rings is 2. The van der Waals surface area contributed by atoms with Gasteiger partial charge >= 0.3 is 0 Å². The quantitative estimate of drug-likeness (QED) is 0.657. The molecule has 2 aromatic carbocycles. The van der Waals surface area contributed by atoms with Crippen LogP contribution in [-0.4, -0.2) is 23.3 Å². The average molecular weight is 319 g/mol. The molecular formula is C16H15ClN2O3. The third-order valence-corrected chi connectivity index (χ3v) is 3.06. The Balaban J connectivity index is 1.89. The highest BCUT2D eigenvalue weighted by atomic mass is 35.5. The standard InChI is InChI=1S/C16H15ClN2O3/c1-11(22-14-8-6-13(17)7-9-14)16(21)19-18-10-12-4-2-3-5-15(12)20/h2-11,20H,1H3,(H,19,21)/b18-10-/t11-/m1/s1. The second kappa shape index (κ2) is 7.47. The van der Waals surface area contributed by atoms with E-state index in [-0.39, 0.29) is 5.75 Å². The van der Waals surface area contributed by atoms with E-state index in [0.29, 0.717) is 16.3 Å². The van der Waals surface area contributed by atoms with Crippen LogP contribution in [0.5, 0.6) is 11.5 Å². The van der Waals surface area contributed by atoms with Crippen LogP contribution in [0.25, 0.3) is 0 Å². The molecule has 114 valence electrons. The molecule has 22 heavy (non-hydrogen) atoms. The molecule has 0 saturated carbocycles. The van der Waals surface area contributed by atoms with Crippen LogP contribution >= 0.6 is 11.6 Å². The maximum Gasteiger partial charge on any atom is 0.280 e. The summed E-state index contributed by atoms with van der Waals surface area (Å²) in [4.78, 5) is 11.9. The number of phenols is 1. The van der Waals surface area contributed by atoms with Crippen molar-refractivity contribution >= 4 is 23.7 Å². The molecule has 2 rings (SSSR count). The van der Waals surface area contributed by atoms with Crippen molar-refractivity contribution in [1.29, 1.82) is 0 Å². The van der Waals surface area contributed by atoms with E-state index < -0.39 is 12.0 Å². The lowest BCUT2D eigenvalue weighted by atomic mass is 10.2. The van der Waals surface area contributed by atoms with Crippen LogP contribution in [-0.2, 0) is 4.79 Å². The number of hydrogen-bond donors (Lipinski definition) is 2. The summed E-state index contributed by atoms with van der Waals surface area (Å²) in [5, 5.41) is 14.0.